The van der Waals surface area contributed by atoms with Gasteiger partial charge in [-0.2, -0.15) is 0 Å². The van der Waals surface area contributed by atoms with Gasteiger partial charge in [-0.1, -0.05) is 12.1 Å². The van der Waals surface area contributed by atoms with Gasteiger partial charge in [0.25, 0.3) is 0 Å². The Morgan fingerprint density at radius 1 is 1.50 bits per heavy atom. The van der Waals surface area contributed by atoms with Crippen molar-refractivity contribution < 1.29 is 9.90 Å². The van der Waals surface area contributed by atoms with E-state index in [0.717, 1.165) is 29.9 Å². The number of fused-ring (bicyclic) bond motifs is 1. The highest BCUT2D eigenvalue weighted by atomic mass is 16.3. The molecule has 0 aliphatic carbocycles. The molecule has 6 heteroatoms. The van der Waals surface area contributed by atoms with Crippen LogP contribution < -0.4 is 10.6 Å². The third-order valence-electron chi connectivity index (χ3n) is 3.74. The lowest BCUT2D eigenvalue weighted by Gasteiger charge is -2.38. The van der Waals surface area contributed by atoms with Crippen molar-refractivity contribution in [1.29, 1.82) is 0 Å². The molecule has 0 radical (unpaired) electrons. The second kappa shape index (κ2) is 4.79. The number of H-pyrrole nitrogens is 1. The Labute approximate surface area is 116 Å². The first-order valence-electron chi connectivity index (χ1n) is 6.76. The van der Waals surface area contributed by atoms with Crippen molar-refractivity contribution >= 4 is 22.9 Å². The number of carbonyl (C=O) groups is 1. The van der Waals surface area contributed by atoms with Crippen LogP contribution in [0.25, 0.3) is 11.0 Å². The number of hydrogen-bond donors (Lipinski definition) is 3. The van der Waals surface area contributed by atoms with E-state index >= 15 is 0 Å². The molecule has 6 nitrogen and oxygen atoms in total. The molecule has 106 valence electrons. The van der Waals surface area contributed by atoms with Crippen molar-refractivity contribution in [3.8, 4) is 0 Å². The summed E-state index contributed by atoms with van der Waals surface area (Å²) in [5.74, 6) is 0.257. The molecule has 1 amide bonds. The minimum atomic E-state index is -1.05. The number of aromatic nitrogens is 2. The number of aliphatic hydroxyl groups is 1. The molecule has 1 aromatic carbocycles. The van der Waals surface area contributed by atoms with Crippen LogP contribution in [0.4, 0.5) is 5.95 Å². The molecular weight excluding hydrogens is 256 g/mol. The van der Waals surface area contributed by atoms with Gasteiger partial charge in [0.2, 0.25) is 11.9 Å². The lowest BCUT2D eigenvalue weighted by atomic mass is 9.89. The maximum atomic E-state index is 11.1. The molecule has 1 atom stereocenters. The van der Waals surface area contributed by atoms with Crippen LogP contribution in [0.1, 0.15) is 19.3 Å². The minimum Gasteiger partial charge on any atom is -0.388 e. The Hall–Kier alpha value is -2.08. The van der Waals surface area contributed by atoms with Crippen LogP contribution in [0.5, 0.6) is 0 Å². The predicted molar refractivity (Wildman–Crippen MR) is 76.3 cm³/mol. The van der Waals surface area contributed by atoms with E-state index in [1.165, 1.54) is 0 Å². The number of rotatable bonds is 3. The van der Waals surface area contributed by atoms with Gasteiger partial charge in [0, 0.05) is 6.54 Å². The van der Waals surface area contributed by atoms with Crippen LogP contribution in [0.3, 0.4) is 0 Å². The number of amides is 1. The van der Waals surface area contributed by atoms with Crippen LogP contribution in [-0.4, -0.2) is 39.7 Å². The first-order chi connectivity index (χ1) is 9.56. The number of primary amides is 1. The maximum absolute atomic E-state index is 11.1. The van der Waals surface area contributed by atoms with Gasteiger partial charge >= 0.3 is 0 Å². The normalized spacial score (nSPS) is 23.1. The molecule has 3 rings (SSSR count). The molecule has 4 N–H and O–H groups in total. The molecule has 2 aromatic rings. The zero-order chi connectivity index (χ0) is 14.2. The zero-order valence-corrected chi connectivity index (χ0v) is 11.2. The number of nitrogens with zero attached hydrogens (tertiary/aromatic N) is 2. The summed E-state index contributed by atoms with van der Waals surface area (Å²) in [6, 6.07) is 7.79. The second-order valence-electron chi connectivity index (χ2n) is 5.47. The molecule has 0 saturated carbocycles. The molecule has 0 bridgehead atoms. The summed E-state index contributed by atoms with van der Waals surface area (Å²) in [5.41, 5.74) is 6.02. The van der Waals surface area contributed by atoms with E-state index in [0.29, 0.717) is 13.0 Å². The van der Waals surface area contributed by atoms with Gasteiger partial charge in [-0.25, -0.2) is 4.98 Å². The van der Waals surface area contributed by atoms with Crippen molar-refractivity contribution in [3.63, 3.8) is 0 Å². The fraction of sp³-hybridized carbons (Fsp3) is 0.429. The average molecular weight is 274 g/mol. The molecule has 20 heavy (non-hydrogen) atoms. The Kier molecular flexibility index (Phi) is 3.10. The first-order valence-corrected chi connectivity index (χ1v) is 6.76. The SMILES string of the molecule is NC(=O)CC1(O)CCCN(c2nc3ccccc3[nH]2)C1. The number of piperidine rings is 1. The Morgan fingerprint density at radius 2 is 2.30 bits per heavy atom. The third kappa shape index (κ3) is 2.46. The van der Waals surface area contributed by atoms with Crippen LogP contribution >= 0.6 is 0 Å². The quantitative estimate of drug-likeness (QED) is 0.770. The van der Waals surface area contributed by atoms with E-state index in [1.54, 1.807) is 0 Å². The lowest BCUT2D eigenvalue weighted by Crippen LogP contribution is -2.50. The molecule has 1 aliphatic heterocycles. The van der Waals surface area contributed by atoms with Crippen LogP contribution in [0, 0.1) is 0 Å². The van der Waals surface area contributed by atoms with Crippen molar-refractivity contribution in [2.24, 2.45) is 5.73 Å². The highest BCUT2D eigenvalue weighted by Gasteiger charge is 2.35. The predicted octanol–water partition coefficient (Wildman–Crippen LogP) is 0.770. The molecular formula is C14H18N4O2. The fourth-order valence-electron chi connectivity index (χ4n) is 2.85. The fourth-order valence-corrected chi connectivity index (χ4v) is 2.85. The molecule has 1 unspecified atom stereocenters. The van der Waals surface area contributed by atoms with Gasteiger partial charge in [0.15, 0.2) is 0 Å². The Morgan fingerprint density at radius 3 is 3.05 bits per heavy atom. The van der Waals surface area contributed by atoms with E-state index in [-0.39, 0.29) is 6.42 Å². The molecule has 1 fully saturated rings. The summed E-state index contributed by atoms with van der Waals surface area (Å²) in [6.07, 6.45) is 1.39. The van der Waals surface area contributed by atoms with E-state index in [9.17, 15) is 9.90 Å². The van der Waals surface area contributed by atoms with Crippen molar-refractivity contribution in [1.82, 2.24) is 9.97 Å². The smallest absolute Gasteiger partial charge is 0.220 e. The number of nitrogens with one attached hydrogen (secondary N) is 1. The number of carbonyl (C=O) groups excluding carboxylic acids is 1. The summed E-state index contributed by atoms with van der Waals surface area (Å²) in [7, 11) is 0. The number of benzene rings is 1. The Bertz CT molecular complexity index is 606. The number of para-hydroxylation sites is 2. The van der Waals surface area contributed by atoms with Gasteiger partial charge in [-0.3, -0.25) is 4.79 Å². The van der Waals surface area contributed by atoms with Gasteiger partial charge in [0.1, 0.15) is 0 Å². The summed E-state index contributed by atoms with van der Waals surface area (Å²) >= 11 is 0. The van der Waals surface area contributed by atoms with Crippen LogP contribution in [0.15, 0.2) is 24.3 Å². The van der Waals surface area contributed by atoms with E-state index in [4.69, 9.17) is 5.73 Å². The van der Waals surface area contributed by atoms with Gasteiger partial charge < -0.3 is 20.7 Å². The summed E-state index contributed by atoms with van der Waals surface area (Å²) in [4.78, 5) is 20.8. The standard InChI is InChI=1S/C14H18N4O2/c15-12(19)8-14(20)6-3-7-18(9-14)13-16-10-4-1-2-5-11(10)17-13/h1-2,4-5,20H,3,6-9H2,(H2,15,19)(H,16,17). The molecule has 2 heterocycles. The summed E-state index contributed by atoms with van der Waals surface area (Å²) in [5, 5.41) is 10.5. The highest BCUT2D eigenvalue weighted by Crippen LogP contribution is 2.27. The van der Waals surface area contributed by atoms with E-state index in [1.807, 2.05) is 29.2 Å². The monoisotopic (exact) mass is 274 g/mol. The molecule has 1 aromatic heterocycles. The van der Waals surface area contributed by atoms with Crippen molar-refractivity contribution in [2.45, 2.75) is 24.9 Å². The topological polar surface area (TPSA) is 95.2 Å². The lowest BCUT2D eigenvalue weighted by molar-refractivity contribution is -0.123. The van der Waals surface area contributed by atoms with E-state index in [2.05, 4.69) is 9.97 Å². The number of imidazole rings is 1. The second-order valence-corrected chi connectivity index (χ2v) is 5.47. The largest absolute Gasteiger partial charge is 0.388 e. The number of nitrogens with two attached hydrogens (primary N) is 1. The van der Waals surface area contributed by atoms with Gasteiger partial charge in [-0.05, 0) is 25.0 Å². The number of hydrogen-bond acceptors (Lipinski definition) is 4. The zero-order valence-electron chi connectivity index (χ0n) is 11.2. The Balaban J connectivity index is 1.84. The summed E-state index contributed by atoms with van der Waals surface area (Å²) < 4.78 is 0. The first kappa shape index (κ1) is 12.9. The molecule has 1 saturated heterocycles. The van der Waals surface area contributed by atoms with Crippen molar-refractivity contribution in [2.75, 3.05) is 18.0 Å². The average Bonchev–Trinajstić information content (AvgIpc) is 2.81. The molecule has 0 spiro atoms. The molecule has 1 aliphatic rings. The van der Waals surface area contributed by atoms with Crippen LogP contribution in [0.2, 0.25) is 0 Å². The number of anilines is 1. The van der Waals surface area contributed by atoms with Crippen molar-refractivity contribution in [3.05, 3.63) is 24.3 Å². The number of β-amino-alcohol motifs (C(OH)–C–C–N with tert-alkyl or cyclic N) is 1. The van der Waals surface area contributed by atoms with E-state index < -0.39 is 11.5 Å². The maximum Gasteiger partial charge on any atom is 0.220 e. The van der Waals surface area contributed by atoms with Crippen LogP contribution in [-0.2, 0) is 4.79 Å². The highest BCUT2D eigenvalue weighted by molar-refractivity contribution is 5.77. The summed E-state index contributed by atoms with van der Waals surface area (Å²) in [6.45, 7) is 1.18. The third-order valence-corrected chi connectivity index (χ3v) is 3.74. The van der Waals surface area contributed by atoms with Gasteiger partial charge in [-0.15, -0.1) is 0 Å². The number of aromatic amines is 1. The minimum absolute atomic E-state index is 0.0102. The van der Waals surface area contributed by atoms with Gasteiger partial charge in [0.05, 0.1) is 29.6 Å².